The van der Waals surface area contributed by atoms with Gasteiger partial charge < -0.3 is 10.2 Å². The smallest absolute Gasteiger partial charge is 0.243 e. The molecule has 2 aromatic rings. The molecule has 0 bridgehead atoms. The minimum atomic E-state index is -0.489. The van der Waals surface area contributed by atoms with Crippen LogP contribution in [0.3, 0.4) is 0 Å². The van der Waals surface area contributed by atoms with E-state index in [-0.39, 0.29) is 17.4 Å². The van der Waals surface area contributed by atoms with E-state index in [4.69, 9.17) is 0 Å². The third-order valence-electron chi connectivity index (χ3n) is 4.66. The Hall–Kier alpha value is -2.27. The number of nitrogens with one attached hydrogen (secondary N) is 1. The highest BCUT2D eigenvalue weighted by Crippen LogP contribution is 2.18. The molecule has 0 saturated heterocycles. The van der Waals surface area contributed by atoms with Gasteiger partial charge in [-0.2, -0.15) is 0 Å². The molecule has 0 aliphatic carbocycles. The van der Waals surface area contributed by atoms with Gasteiger partial charge in [-0.05, 0) is 45.2 Å². The second-order valence-corrected chi connectivity index (χ2v) is 9.64. The minimum Gasteiger partial charge on any atom is -0.350 e. The van der Waals surface area contributed by atoms with E-state index in [1.165, 1.54) is 11.1 Å². The van der Waals surface area contributed by atoms with Crippen LogP contribution in [0, 0.1) is 6.92 Å². The van der Waals surface area contributed by atoms with Crippen LogP contribution in [0.2, 0.25) is 0 Å². The number of rotatable bonds is 9. The van der Waals surface area contributed by atoms with Crippen LogP contribution in [0.1, 0.15) is 50.8 Å². The van der Waals surface area contributed by atoms with Crippen molar-refractivity contribution in [1.82, 2.24) is 10.2 Å². The van der Waals surface area contributed by atoms with Gasteiger partial charge in [-0.1, -0.05) is 67.1 Å². The minimum absolute atomic E-state index is 0.00702. The number of aryl methyl sites for hydroxylation is 1. The van der Waals surface area contributed by atoms with Crippen LogP contribution < -0.4 is 5.32 Å². The predicted molar refractivity (Wildman–Crippen MR) is 126 cm³/mol. The van der Waals surface area contributed by atoms with Crippen molar-refractivity contribution in [2.75, 3.05) is 5.75 Å². The van der Waals surface area contributed by atoms with Crippen molar-refractivity contribution in [1.29, 1.82) is 0 Å². The first-order valence-electron chi connectivity index (χ1n) is 10.5. The number of hydrogen-bond donors (Lipinski definition) is 1. The zero-order chi connectivity index (χ0) is 22.1. The number of carbonyl (C=O) groups is 2. The third-order valence-corrected chi connectivity index (χ3v) is 5.65. The highest BCUT2D eigenvalue weighted by Gasteiger charge is 2.30. The molecular formula is C25H34N2O2S. The molecule has 0 radical (unpaired) electrons. The second kappa shape index (κ2) is 11.2. The molecule has 0 spiro atoms. The molecule has 2 rings (SSSR count). The maximum absolute atomic E-state index is 13.2. The number of nitrogens with zero attached hydrogens (tertiary/aromatic N) is 1. The molecule has 2 amide bonds. The van der Waals surface area contributed by atoms with Gasteiger partial charge in [-0.15, -0.1) is 11.8 Å². The van der Waals surface area contributed by atoms with Crippen LogP contribution in [-0.2, 0) is 21.9 Å². The van der Waals surface area contributed by atoms with Crippen molar-refractivity contribution in [3.8, 4) is 0 Å². The number of carbonyl (C=O) groups excluding carboxylic acids is 2. The molecule has 0 fully saturated rings. The lowest BCUT2D eigenvalue weighted by Crippen LogP contribution is -2.53. The van der Waals surface area contributed by atoms with Crippen LogP contribution >= 0.6 is 11.8 Å². The molecule has 5 heteroatoms. The fraction of sp³-hybridized carbons (Fsp3) is 0.440. The van der Waals surface area contributed by atoms with E-state index in [1.807, 2.05) is 64.1 Å². The lowest BCUT2D eigenvalue weighted by molar-refractivity contribution is -0.140. The van der Waals surface area contributed by atoms with E-state index in [0.29, 0.717) is 18.7 Å². The largest absolute Gasteiger partial charge is 0.350 e. The first-order valence-corrected chi connectivity index (χ1v) is 11.6. The summed E-state index contributed by atoms with van der Waals surface area (Å²) in [5.41, 5.74) is 3.11. The molecular weight excluding hydrogens is 392 g/mol. The summed E-state index contributed by atoms with van der Waals surface area (Å²) in [5.74, 6) is 1.02. The van der Waals surface area contributed by atoms with Gasteiger partial charge in [0.25, 0.3) is 0 Å². The van der Waals surface area contributed by atoms with Crippen molar-refractivity contribution >= 4 is 23.6 Å². The number of amides is 2. The molecule has 0 aliphatic rings. The van der Waals surface area contributed by atoms with Gasteiger partial charge in [0.05, 0.1) is 5.75 Å². The zero-order valence-electron chi connectivity index (χ0n) is 18.8. The summed E-state index contributed by atoms with van der Waals surface area (Å²) >= 11 is 1.59. The molecule has 2 aromatic carbocycles. The average Bonchev–Trinajstić information content (AvgIpc) is 2.67. The monoisotopic (exact) mass is 426 g/mol. The zero-order valence-corrected chi connectivity index (χ0v) is 19.6. The van der Waals surface area contributed by atoms with Crippen LogP contribution in [0.4, 0.5) is 0 Å². The molecule has 162 valence electrons. The molecule has 30 heavy (non-hydrogen) atoms. The van der Waals surface area contributed by atoms with E-state index in [1.54, 1.807) is 16.7 Å². The molecule has 1 atom stereocenters. The predicted octanol–water partition coefficient (Wildman–Crippen LogP) is 4.95. The van der Waals surface area contributed by atoms with Crippen molar-refractivity contribution in [2.24, 2.45) is 0 Å². The first kappa shape index (κ1) is 24.0. The Morgan fingerprint density at radius 2 is 1.70 bits per heavy atom. The van der Waals surface area contributed by atoms with Gasteiger partial charge in [0, 0.05) is 17.8 Å². The standard InChI is InChI=1S/C25H34N2O2S/c1-6-22(24(29)26-25(3,4)5)27(16-20-12-8-7-9-13-20)23(28)18-30-17-21-14-10-11-19(2)15-21/h7-15,22H,6,16-18H2,1-5H3,(H,26,29). The summed E-state index contributed by atoms with van der Waals surface area (Å²) in [6, 6.07) is 17.7. The van der Waals surface area contributed by atoms with Gasteiger partial charge in [-0.3, -0.25) is 9.59 Å². The Bertz CT molecular complexity index is 831. The SMILES string of the molecule is CCC(C(=O)NC(C)(C)C)N(Cc1ccccc1)C(=O)CSCc1cccc(C)c1. The Labute approximate surface area is 185 Å². The summed E-state index contributed by atoms with van der Waals surface area (Å²) in [6.07, 6.45) is 0.572. The molecule has 0 heterocycles. The summed E-state index contributed by atoms with van der Waals surface area (Å²) in [4.78, 5) is 27.9. The fourth-order valence-corrected chi connectivity index (χ4v) is 4.15. The summed E-state index contributed by atoms with van der Waals surface area (Å²) in [5, 5.41) is 3.04. The van der Waals surface area contributed by atoms with Gasteiger partial charge in [0.15, 0.2) is 0 Å². The molecule has 0 aromatic heterocycles. The Morgan fingerprint density at radius 1 is 1.03 bits per heavy atom. The molecule has 1 unspecified atom stereocenters. The summed E-state index contributed by atoms with van der Waals surface area (Å²) in [7, 11) is 0. The molecule has 0 saturated carbocycles. The van der Waals surface area contributed by atoms with Gasteiger partial charge in [0.2, 0.25) is 11.8 Å². The van der Waals surface area contributed by atoms with Crippen molar-refractivity contribution in [3.63, 3.8) is 0 Å². The lowest BCUT2D eigenvalue weighted by atomic mass is 10.1. The second-order valence-electron chi connectivity index (χ2n) is 8.65. The summed E-state index contributed by atoms with van der Waals surface area (Å²) < 4.78 is 0. The van der Waals surface area contributed by atoms with Crippen molar-refractivity contribution < 1.29 is 9.59 Å². The Morgan fingerprint density at radius 3 is 2.30 bits per heavy atom. The lowest BCUT2D eigenvalue weighted by Gasteiger charge is -2.33. The van der Waals surface area contributed by atoms with Gasteiger partial charge in [0.1, 0.15) is 6.04 Å². The van der Waals surface area contributed by atoms with E-state index in [2.05, 4.69) is 30.4 Å². The van der Waals surface area contributed by atoms with Crippen LogP contribution in [-0.4, -0.2) is 34.0 Å². The van der Waals surface area contributed by atoms with E-state index >= 15 is 0 Å². The normalized spacial score (nSPS) is 12.3. The van der Waals surface area contributed by atoms with E-state index in [9.17, 15) is 9.59 Å². The van der Waals surface area contributed by atoms with Crippen LogP contribution in [0.15, 0.2) is 54.6 Å². The average molecular weight is 427 g/mol. The quantitative estimate of drug-likeness (QED) is 0.617. The third kappa shape index (κ3) is 7.86. The Kier molecular flexibility index (Phi) is 8.97. The maximum Gasteiger partial charge on any atom is 0.243 e. The van der Waals surface area contributed by atoms with Crippen molar-refractivity contribution in [3.05, 3.63) is 71.3 Å². The van der Waals surface area contributed by atoms with E-state index in [0.717, 1.165) is 11.3 Å². The number of hydrogen-bond acceptors (Lipinski definition) is 3. The number of thioether (sulfide) groups is 1. The highest BCUT2D eigenvalue weighted by molar-refractivity contribution is 7.99. The number of benzene rings is 2. The van der Waals surface area contributed by atoms with Gasteiger partial charge >= 0.3 is 0 Å². The van der Waals surface area contributed by atoms with Crippen LogP contribution in [0.25, 0.3) is 0 Å². The molecule has 1 N–H and O–H groups in total. The fourth-order valence-electron chi connectivity index (χ4n) is 3.29. The highest BCUT2D eigenvalue weighted by atomic mass is 32.2. The topological polar surface area (TPSA) is 49.4 Å². The van der Waals surface area contributed by atoms with Crippen LogP contribution in [0.5, 0.6) is 0 Å². The summed E-state index contributed by atoms with van der Waals surface area (Å²) in [6.45, 7) is 10.3. The van der Waals surface area contributed by atoms with E-state index < -0.39 is 6.04 Å². The molecule has 4 nitrogen and oxygen atoms in total. The Balaban J connectivity index is 2.12. The maximum atomic E-state index is 13.2. The van der Waals surface area contributed by atoms with Crippen molar-refractivity contribution in [2.45, 2.75) is 64.9 Å². The first-order chi connectivity index (χ1) is 14.2. The van der Waals surface area contributed by atoms with Gasteiger partial charge in [-0.25, -0.2) is 0 Å². The molecule has 0 aliphatic heterocycles.